The molecular formula is C60H65F4MoNO2. The maximum absolute atomic E-state index is 14.5. The Morgan fingerprint density at radius 1 is 0.471 bits per heavy atom. The van der Waals surface area contributed by atoms with Crippen LogP contribution in [0.1, 0.15) is 138 Å². The summed E-state index contributed by atoms with van der Waals surface area (Å²) in [5.74, 6) is -2.29. The number of hydrogen-bond acceptors (Lipinski definition) is 3. The number of phenols is 2. The number of rotatable bonds is 5. The third-order valence-electron chi connectivity index (χ3n) is 14.8. The van der Waals surface area contributed by atoms with Crippen molar-refractivity contribution in [1.29, 1.82) is 0 Å². The molecule has 0 saturated carbocycles. The van der Waals surface area contributed by atoms with Gasteiger partial charge < -0.3 is 10.2 Å². The zero-order valence-corrected chi connectivity index (χ0v) is 42.6. The van der Waals surface area contributed by atoms with Crippen LogP contribution in [0.15, 0.2) is 76.3 Å². The van der Waals surface area contributed by atoms with E-state index in [0.29, 0.717) is 22.3 Å². The number of hydrogen-bond donors (Lipinski definition) is 2. The third-order valence-corrected chi connectivity index (χ3v) is 17.2. The summed E-state index contributed by atoms with van der Waals surface area (Å²) in [6.45, 7) is 12.3. The van der Waals surface area contributed by atoms with Gasteiger partial charge in [0.1, 0.15) is 11.6 Å². The molecule has 3 nitrogen and oxygen atoms in total. The summed E-state index contributed by atoms with van der Waals surface area (Å²) < 4.78 is 65.1. The first-order valence-electron chi connectivity index (χ1n) is 24.7. The quantitative estimate of drug-likeness (QED) is 0.134. The molecule has 4 aliphatic carbocycles. The van der Waals surface area contributed by atoms with Crippen LogP contribution in [0.3, 0.4) is 0 Å². The summed E-state index contributed by atoms with van der Waals surface area (Å²) in [4.78, 5) is 0. The topological polar surface area (TPSA) is 52.8 Å². The second kappa shape index (κ2) is 21.3. The number of fused-ring (bicyclic) bond motifs is 4. The van der Waals surface area contributed by atoms with Crippen molar-refractivity contribution in [2.75, 3.05) is 0 Å². The van der Waals surface area contributed by atoms with Gasteiger partial charge in [0, 0.05) is 11.1 Å². The molecule has 0 radical (unpaired) electrons. The Bertz CT molecular complexity index is 2630. The summed E-state index contributed by atoms with van der Waals surface area (Å²) in [6.07, 6.45) is 15.1. The summed E-state index contributed by atoms with van der Waals surface area (Å²) >= 11 is -0.493. The molecule has 0 spiro atoms. The number of benzene rings is 6. The molecule has 0 amide bonds. The van der Waals surface area contributed by atoms with E-state index in [1.54, 1.807) is 26.0 Å². The van der Waals surface area contributed by atoms with E-state index in [4.69, 9.17) is 3.50 Å². The minimum atomic E-state index is -0.584. The van der Waals surface area contributed by atoms with E-state index in [9.17, 15) is 27.8 Å². The van der Waals surface area contributed by atoms with Gasteiger partial charge in [0.2, 0.25) is 0 Å². The van der Waals surface area contributed by atoms with Crippen LogP contribution in [0, 0.1) is 51.0 Å². The Morgan fingerprint density at radius 3 is 1.22 bits per heavy atom. The molecule has 8 heteroatoms. The number of aromatic hydroxyl groups is 2. The Hall–Kier alpha value is -5.00. The molecule has 0 saturated heterocycles. The third kappa shape index (κ3) is 10.3. The summed E-state index contributed by atoms with van der Waals surface area (Å²) in [7, 11) is 0. The van der Waals surface area contributed by atoms with Gasteiger partial charge in [-0.25, -0.2) is 17.6 Å². The Kier molecular flexibility index (Phi) is 15.5. The van der Waals surface area contributed by atoms with Crippen molar-refractivity contribution in [3.63, 3.8) is 0 Å². The van der Waals surface area contributed by atoms with Crippen LogP contribution >= 0.6 is 0 Å². The Balaban J connectivity index is 0.000000139. The summed E-state index contributed by atoms with van der Waals surface area (Å²) in [6, 6.07) is 23.3. The SMILES string of the molecule is Cc1c(F)cc2c(c1-c1c(O)c(F)cc3c1CCCC3)CCCC2.Cc1c(F)cc2c(c1-c1c(O)c(F)cc3c1CCCC3)CCCC2.Cc1cccc(C)c1[N]=[Mo]=[CH]C(C)(C)c1ccccc1. The van der Waals surface area contributed by atoms with Crippen molar-refractivity contribution in [1.82, 2.24) is 0 Å². The molecule has 10 rings (SSSR count). The van der Waals surface area contributed by atoms with E-state index in [1.807, 2.05) is 0 Å². The molecule has 0 bridgehead atoms. The zero-order chi connectivity index (χ0) is 48.3. The number of aryl methyl sites for hydroxylation is 6. The molecule has 0 aliphatic heterocycles. The van der Waals surface area contributed by atoms with Crippen molar-refractivity contribution < 1.29 is 45.7 Å². The first-order chi connectivity index (χ1) is 32.7. The Morgan fingerprint density at radius 2 is 0.824 bits per heavy atom. The molecule has 0 unspecified atom stereocenters. The molecule has 0 aromatic heterocycles. The molecule has 0 fully saturated rings. The molecule has 2 N–H and O–H groups in total. The van der Waals surface area contributed by atoms with E-state index in [0.717, 1.165) is 158 Å². The van der Waals surface area contributed by atoms with Gasteiger partial charge in [0.25, 0.3) is 0 Å². The van der Waals surface area contributed by atoms with Gasteiger partial charge in [-0.15, -0.1) is 0 Å². The van der Waals surface area contributed by atoms with Gasteiger partial charge >= 0.3 is 130 Å². The number of nitrogens with zero attached hydrogens (tertiary/aromatic N) is 1. The molecule has 6 aromatic rings. The number of halogens is 4. The zero-order valence-electron chi connectivity index (χ0n) is 40.6. The second-order valence-electron chi connectivity index (χ2n) is 19.9. The van der Waals surface area contributed by atoms with E-state index in [2.05, 4.69) is 80.6 Å². The van der Waals surface area contributed by atoms with E-state index in [1.165, 1.54) is 34.5 Å². The van der Waals surface area contributed by atoms with Crippen LogP contribution in [0.25, 0.3) is 22.3 Å². The maximum atomic E-state index is 14.5. The minimum absolute atomic E-state index is 0.101. The fraction of sp³-hybridized carbons (Fsp3) is 0.383. The van der Waals surface area contributed by atoms with Gasteiger partial charge in [-0.1, -0.05) is 0 Å². The first-order valence-corrected chi connectivity index (χ1v) is 26.7. The van der Waals surface area contributed by atoms with Gasteiger partial charge in [0.05, 0.1) is 0 Å². The second-order valence-corrected chi connectivity index (χ2v) is 21.4. The molecule has 6 aromatic carbocycles. The fourth-order valence-corrected chi connectivity index (χ4v) is 13.1. The van der Waals surface area contributed by atoms with Gasteiger partial charge in [-0.3, -0.25) is 0 Å². The fourth-order valence-electron chi connectivity index (χ4n) is 11.0. The van der Waals surface area contributed by atoms with Crippen molar-refractivity contribution in [3.8, 4) is 33.8 Å². The average molecular weight is 1000 g/mol. The van der Waals surface area contributed by atoms with Gasteiger partial charge in [-0.2, -0.15) is 0 Å². The van der Waals surface area contributed by atoms with Crippen molar-refractivity contribution in [2.45, 2.75) is 150 Å². The Labute approximate surface area is 409 Å². The molecule has 68 heavy (non-hydrogen) atoms. The van der Waals surface area contributed by atoms with Crippen LogP contribution in [-0.4, -0.2) is 14.6 Å². The normalized spacial score (nSPS) is 15.0. The number of phenolic OH excluding ortho intramolecular Hbond substituents is 2. The van der Waals surface area contributed by atoms with Crippen LogP contribution in [0.4, 0.5) is 23.2 Å². The van der Waals surface area contributed by atoms with E-state index < -0.39 is 29.6 Å². The van der Waals surface area contributed by atoms with Gasteiger partial charge in [-0.05, 0) is 208 Å². The van der Waals surface area contributed by atoms with Crippen LogP contribution in [-0.2, 0) is 74.7 Å². The van der Waals surface area contributed by atoms with E-state index in [-0.39, 0.29) is 28.5 Å². The predicted molar refractivity (Wildman–Crippen MR) is 266 cm³/mol. The molecule has 356 valence electrons. The summed E-state index contributed by atoms with van der Waals surface area (Å²) in [5, 5.41) is 21.1. The standard InChI is InChI=1S/2C21H22F2O.C10H12.C8H9N.Mo/c2*1-12-17(22)10-13-6-2-4-8-15(13)19(12)20-16-9-5-3-7-14(16)11-18(23)21(20)24;1-10(2,3)9-7-5-4-6-8-9;1-6-4-3-5-7(2)8(6)9;/h2*10-11,24H,2-9H2,1H3;1,4-8H,2-3H3;3-5H,1-2H3;. The summed E-state index contributed by atoms with van der Waals surface area (Å²) in [5.41, 5.74) is 17.1. The van der Waals surface area contributed by atoms with Crippen LogP contribution in [0.2, 0.25) is 0 Å². The molecule has 4 aliphatic rings. The van der Waals surface area contributed by atoms with Gasteiger partial charge in [0.15, 0.2) is 23.1 Å². The van der Waals surface area contributed by atoms with Crippen LogP contribution < -0.4 is 0 Å². The molecule has 0 atom stereocenters. The van der Waals surface area contributed by atoms with Crippen molar-refractivity contribution in [3.05, 3.63) is 168 Å². The van der Waals surface area contributed by atoms with Crippen molar-refractivity contribution in [2.24, 2.45) is 3.50 Å². The van der Waals surface area contributed by atoms with Crippen LogP contribution in [0.5, 0.6) is 11.5 Å². The molecule has 0 heterocycles. The molecular weight excluding hydrogens is 939 g/mol. The average Bonchev–Trinajstić information content (AvgIpc) is 3.33. The van der Waals surface area contributed by atoms with Crippen molar-refractivity contribution >= 4 is 10.1 Å². The van der Waals surface area contributed by atoms with E-state index >= 15 is 0 Å². The monoisotopic (exact) mass is 1010 g/mol. The first kappa shape index (κ1) is 49.4. The predicted octanol–water partition coefficient (Wildman–Crippen LogP) is 15.8.